The number of nitrogens with zero attached hydrogens (tertiary/aromatic N) is 2. The SMILES string of the molecule is CCC1(C)NC(=O)N(N=Cc2c(F)cccc2F)C1=O. The van der Waals surface area contributed by atoms with E-state index in [1.54, 1.807) is 13.8 Å². The van der Waals surface area contributed by atoms with Gasteiger partial charge in [0.2, 0.25) is 0 Å². The first-order valence-electron chi connectivity index (χ1n) is 6.03. The highest BCUT2D eigenvalue weighted by atomic mass is 19.1. The van der Waals surface area contributed by atoms with E-state index in [4.69, 9.17) is 0 Å². The minimum absolute atomic E-state index is 0.387. The molecule has 1 aromatic rings. The Kier molecular flexibility index (Phi) is 3.52. The van der Waals surface area contributed by atoms with Crippen LogP contribution in [0.1, 0.15) is 25.8 Å². The van der Waals surface area contributed by atoms with Gasteiger partial charge >= 0.3 is 6.03 Å². The lowest BCUT2D eigenvalue weighted by Gasteiger charge is -2.17. The van der Waals surface area contributed by atoms with Gasteiger partial charge in [0.05, 0.1) is 11.8 Å². The number of hydrogen-bond donors (Lipinski definition) is 1. The van der Waals surface area contributed by atoms with Crippen LogP contribution in [-0.4, -0.2) is 28.7 Å². The van der Waals surface area contributed by atoms with Crippen molar-refractivity contribution in [3.8, 4) is 0 Å². The summed E-state index contributed by atoms with van der Waals surface area (Å²) in [7, 11) is 0. The van der Waals surface area contributed by atoms with Crippen molar-refractivity contribution >= 4 is 18.2 Å². The number of carbonyl (C=O) groups is 2. The summed E-state index contributed by atoms with van der Waals surface area (Å²) in [5.41, 5.74) is -1.44. The molecule has 1 aliphatic rings. The number of rotatable bonds is 3. The Balaban J connectivity index is 2.29. The number of carbonyl (C=O) groups excluding carboxylic acids is 2. The van der Waals surface area contributed by atoms with Crippen LogP contribution in [-0.2, 0) is 4.79 Å². The fraction of sp³-hybridized carbons (Fsp3) is 0.308. The van der Waals surface area contributed by atoms with Gasteiger partial charge in [-0.1, -0.05) is 13.0 Å². The van der Waals surface area contributed by atoms with Crippen LogP contribution in [0.4, 0.5) is 13.6 Å². The summed E-state index contributed by atoms with van der Waals surface area (Å²) in [6.07, 6.45) is 1.21. The van der Waals surface area contributed by atoms with Gasteiger partial charge in [-0.15, -0.1) is 5.01 Å². The molecule has 1 atom stereocenters. The average molecular weight is 281 g/mol. The minimum atomic E-state index is -1.04. The maximum atomic E-state index is 13.4. The van der Waals surface area contributed by atoms with Crippen LogP contribution in [0.5, 0.6) is 0 Å². The molecule has 0 spiro atoms. The van der Waals surface area contributed by atoms with E-state index in [0.717, 1.165) is 18.3 Å². The Morgan fingerprint density at radius 2 is 1.95 bits per heavy atom. The van der Waals surface area contributed by atoms with Crippen LogP contribution in [0.3, 0.4) is 0 Å². The molecule has 1 aromatic carbocycles. The lowest BCUT2D eigenvalue weighted by molar-refractivity contribution is -0.130. The van der Waals surface area contributed by atoms with E-state index in [-0.39, 0.29) is 0 Å². The number of urea groups is 1. The van der Waals surface area contributed by atoms with Crippen LogP contribution >= 0.6 is 0 Å². The van der Waals surface area contributed by atoms with Crippen LogP contribution in [0.25, 0.3) is 0 Å². The zero-order valence-corrected chi connectivity index (χ0v) is 11.0. The Morgan fingerprint density at radius 3 is 2.45 bits per heavy atom. The molecule has 0 aromatic heterocycles. The summed E-state index contributed by atoms with van der Waals surface area (Å²) in [6, 6.07) is 2.62. The highest BCUT2D eigenvalue weighted by molar-refractivity contribution is 6.07. The lowest BCUT2D eigenvalue weighted by Crippen LogP contribution is -2.42. The van der Waals surface area contributed by atoms with E-state index < -0.39 is 34.7 Å². The largest absolute Gasteiger partial charge is 0.346 e. The monoisotopic (exact) mass is 281 g/mol. The minimum Gasteiger partial charge on any atom is -0.322 e. The number of nitrogens with one attached hydrogen (secondary N) is 1. The lowest BCUT2D eigenvalue weighted by atomic mass is 10.00. The Morgan fingerprint density at radius 1 is 1.35 bits per heavy atom. The van der Waals surface area contributed by atoms with Gasteiger partial charge in [0.1, 0.15) is 17.2 Å². The second kappa shape index (κ2) is 4.99. The number of benzene rings is 1. The van der Waals surface area contributed by atoms with Crippen molar-refractivity contribution in [3.63, 3.8) is 0 Å². The molecule has 2 rings (SSSR count). The molecule has 1 heterocycles. The van der Waals surface area contributed by atoms with Gasteiger partial charge in [-0.2, -0.15) is 5.10 Å². The molecule has 1 N–H and O–H groups in total. The molecule has 0 aliphatic carbocycles. The smallest absolute Gasteiger partial charge is 0.322 e. The number of hydrogen-bond acceptors (Lipinski definition) is 3. The standard InChI is InChI=1S/C13H13F2N3O2/c1-3-13(2)11(19)18(12(20)17-13)16-7-8-9(14)5-4-6-10(8)15/h4-7H,3H2,1-2H3,(H,17,20). The van der Waals surface area contributed by atoms with Crippen molar-refractivity contribution in [2.75, 3.05) is 0 Å². The molecule has 0 bridgehead atoms. The van der Waals surface area contributed by atoms with Gasteiger partial charge in [0.15, 0.2) is 0 Å². The van der Waals surface area contributed by atoms with Crippen molar-refractivity contribution in [1.29, 1.82) is 0 Å². The third kappa shape index (κ3) is 2.26. The van der Waals surface area contributed by atoms with Gasteiger partial charge in [-0.3, -0.25) is 4.79 Å². The van der Waals surface area contributed by atoms with E-state index >= 15 is 0 Å². The first-order valence-corrected chi connectivity index (χ1v) is 6.03. The molecule has 7 heteroatoms. The normalized spacial score (nSPS) is 22.7. The van der Waals surface area contributed by atoms with Crippen molar-refractivity contribution in [3.05, 3.63) is 35.4 Å². The average Bonchev–Trinajstić information content (AvgIpc) is 2.61. The van der Waals surface area contributed by atoms with E-state index in [9.17, 15) is 18.4 Å². The van der Waals surface area contributed by atoms with Crippen LogP contribution < -0.4 is 5.32 Å². The molecule has 1 unspecified atom stereocenters. The van der Waals surface area contributed by atoms with Crippen molar-refractivity contribution in [1.82, 2.24) is 10.3 Å². The third-order valence-corrected chi connectivity index (χ3v) is 3.25. The predicted octanol–water partition coefficient (Wildman–Crippen LogP) is 2.02. The molecule has 106 valence electrons. The first kappa shape index (κ1) is 14.1. The second-order valence-electron chi connectivity index (χ2n) is 4.61. The molecule has 1 aliphatic heterocycles. The van der Waals surface area contributed by atoms with Crippen molar-refractivity contribution in [2.24, 2.45) is 5.10 Å². The number of halogens is 2. The second-order valence-corrected chi connectivity index (χ2v) is 4.61. The van der Waals surface area contributed by atoms with Crippen LogP contribution in [0.15, 0.2) is 23.3 Å². The molecule has 1 saturated heterocycles. The van der Waals surface area contributed by atoms with Gasteiger partial charge in [0.25, 0.3) is 5.91 Å². The zero-order chi connectivity index (χ0) is 14.9. The van der Waals surface area contributed by atoms with Crippen molar-refractivity contribution in [2.45, 2.75) is 25.8 Å². The summed E-state index contributed by atoms with van der Waals surface area (Å²) in [4.78, 5) is 23.6. The predicted molar refractivity (Wildman–Crippen MR) is 68.0 cm³/mol. The van der Waals surface area contributed by atoms with Gasteiger partial charge in [-0.05, 0) is 25.5 Å². The number of amides is 3. The van der Waals surface area contributed by atoms with E-state index in [2.05, 4.69) is 10.4 Å². The third-order valence-electron chi connectivity index (χ3n) is 3.25. The zero-order valence-electron chi connectivity index (χ0n) is 11.0. The van der Waals surface area contributed by atoms with Crippen molar-refractivity contribution < 1.29 is 18.4 Å². The maximum absolute atomic E-state index is 13.4. The topological polar surface area (TPSA) is 61.8 Å². The summed E-state index contributed by atoms with van der Waals surface area (Å²) in [5.74, 6) is -2.20. The van der Waals surface area contributed by atoms with Gasteiger partial charge in [0, 0.05) is 0 Å². The molecule has 20 heavy (non-hydrogen) atoms. The molecule has 5 nitrogen and oxygen atoms in total. The van der Waals surface area contributed by atoms with E-state index in [1.165, 1.54) is 6.07 Å². The number of imide groups is 1. The van der Waals surface area contributed by atoms with Crippen LogP contribution in [0.2, 0.25) is 0 Å². The Bertz CT molecular complexity index is 583. The van der Waals surface area contributed by atoms with E-state index in [1.807, 2.05) is 0 Å². The Hall–Kier alpha value is -2.31. The summed E-state index contributed by atoms with van der Waals surface area (Å²) < 4.78 is 26.8. The molecular formula is C13H13F2N3O2. The fourth-order valence-corrected chi connectivity index (χ4v) is 1.76. The highest BCUT2D eigenvalue weighted by Crippen LogP contribution is 2.21. The molecule has 0 saturated carbocycles. The highest BCUT2D eigenvalue weighted by Gasteiger charge is 2.46. The molecular weight excluding hydrogens is 268 g/mol. The maximum Gasteiger partial charge on any atom is 0.346 e. The quantitative estimate of drug-likeness (QED) is 0.680. The van der Waals surface area contributed by atoms with Gasteiger partial charge in [-0.25, -0.2) is 13.6 Å². The van der Waals surface area contributed by atoms with Crippen LogP contribution in [0, 0.1) is 11.6 Å². The molecule has 0 radical (unpaired) electrons. The summed E-state index contributed by atoms with van der Waals surface area (Å²) in [6.45, 7) is 3.30. The molecule has 1 fully saturated rings. The fourth-order valence-electron chi connectivity index (χ4n) is 1.76. The molecule has 3 amide bonds. The Labute approximate surface area is 114 Å². The van der Waals surface area contributed by atoms with Gasteiger partial charge < -0.3 is 5.32 Å². The van der Waals surface area contributed by atoms with E-state index in [0.29, 0.717) is 11.4 Å². The number of hydrazone groups is 1. The summed E-state index contributed by atoms with van der Waals surface area (Å²) >= 11 is 0. The summed E-state index contributed by atoms with van der Waals surface area (Å²) in [5, 5.41) is 6.65. The first-order chi connectivity index (χ1) is 9.39.